The Morgan fingerprint density at radius 2 is 2.36 bits per heavy atom. The van der Waals surface area contributed by atoms with Gasteiger partial charge in [0, 0.05) is 29.0 Å². The number of nitrogens with zero attached hydrogens (tertiary/aromatic N) is 3. The van der Waals surface area contributed by atoms with Gasteiger partial charge in [0.2, 0.25) is 5.91 Å². The molecule has 0 unspecified atom stereocenters. The van der Waals surface area contributed by atoms with Crippen molar-refractivity contribution >= 4 is 22.4 Å². The molecule has 25 heavy (non-hydrogen) atoms. The van der Waals surface area contributed by atoms with E-state index in [0.29, 0.717) is 17.1 Å². The number of nitriles is 1. The Balaban J connectivity index is 1.46. The molecule has 0 spiro atoms. The van der Waals surface area contributed by atoms with Crippen LogP contribution in [0.3, 0.4) is 0 Å². The number of hydrogen-bond donors (Lipinski definition) is 2. The summed E-state index contributed by atoms with van der Waals surface area (Å²) in [6.07, 6.45) is 4.21. The minimum Gasteiger partial charge on any atom is -0.302 e. The Morgan fingerprint density at radius 1 is 1.44 bits per heavy atom. The molecule has 2 heterocycles. The number of benzene rings is 1. The van der Waals surface area contributed by atoms with Gasteiger partial charge in [-0.15, -0.1) is 11.3 Å². The van der Waals surface area contributed by atoms with Gasteiger partial charge >= 0.3 is 0 Å². The van der Waals surface area contributed by atoms with Crippen molar-refractivity contribution in [3.05, 3.63) is 52.7 Å². The minimum absolute atomic E-state index is 0.00748. The predicted octanol–water partition coefficient (Wildman–Crippen LogP) is 3.15. The summed E-state index contributed by atoms with van der Waals surface area (Å²) in [7, 11) is 0. The van der Waals surface area contributed by atoms with Gasteiger partial charge in [0.1, 0.15) is 0 Å². The summed E-state index contributed by atoms with van der Waals surface area (Å²) in [6.45, 7) is 0. The molecule has 1 aromatic carbocycles. The van der Waals surface area contributed by atoms with E-state index in [9.17, 15) is 4.79 Å². The van der Waals surface area contributed by atoms with Crippen molar-refractivity contribution in [2.24, 2.45) is 5.92 Å². The van der Waals surface area contributed by atoms with Crippen molar-refractivity contribution in [2.75, 3.05) is 5.32 Å². The van der Waals surface area contributed by atoms with Gasteiger partial charge in [-0.2, -0.15) is 10.4 Å². The molecule has 1 atom stereocenters. The monoisotopic (exact) mass is 349 g/mol. The highest BCUT2D eigenvalue weighted by Gasteiger charge is 2.26. The molecule has 3 aromatic rings. The highest BCUT2D eigenvalue weighted by Crippen LogP contribution is 2.28. The minimum atomic E-state index is -0.0674. The standard InChI is InChI=1S/C18H15N5OS/c19-8-11-2-1-3-12(6-11)16-10-25-18(21-16)22-17(24)13-4-5-14-9-20-23-15(14)7-13/h1-3,6,9-10,13H,4-5,7H2,(H,20,23)(H,21,22,24)/t13-/m1/s1. The first-order chi connectivity index (χ1) is 12.2. The number of H-pyrrole nitrogens is 1. The van der Waals surface area contributed by atoms with Gasteiger partial charge in [-0.05, 0) is 30.5 Å². The Labute approximate surface area is 148 Å². The molecule has 2 aromatic heterocycles. The topological polar surface area (TPSA) is 94.5 Å². The van der Waals surface area contributed by atoms with Crippen LogP contribution in [-0.2, 0) is 17.6 Å². The Bertz CT molecular complexity index is 968. The van der Waals surface area contributed by atoms with E-state index >= 15 is 0 Å². The van der Waals surface area contributed by atoms with E-state index in [1.165, 1.54) is 16.9 Å². The summed E-state index contributed by atoms with van der Waals surface area (Å²) in [6, 6.07) is 9.41. The molecule has 0 saturated carbocycles. The van der Waals surface area contributed by atoms with Crippen LogP contribution in [0.25, 0.3) is 11.3 Å². The van der Waals surface area contributed by atoms with Gasteiger partial charge in [-0.1, -0.05) is 12.1 Å². The fourth-order valence-electron chi connectivity index (χ4n) is 3.05. The number of amides is 1. The van der Waals surface area contributed by atoms with Crippen molar-refractivity contribution in [3.8, 4) is 17.3 Å². The van der Waals surface area contributed by atoms with E-state index in [1.54, 1.807) is 12.1 Å². The first-order valence-electron chi connectivity index (χ1n) is 8.01. The van der Waals surface area contributed by atoms with Crippen LogP contribution in [0.2, 0.25) is 0 Å². The normalized spacial score (nSPS) is 16.0. The summed E-state index contributed by atoms with van der Waals surface area (Å²) >= 11 is 1.39. The van der Waals surface area contributed by atoms with E-state index in [2.05, 4.69) is 26.6 Å². The lowest BCUT2D eigenvalue weighted by Gasteiger charge is -2.20. The van der Waals surface area contributed by atoms with E-state index in [4.69, 9.17) is 5.26 Å². The van der Waals surface area contributed by atoms with Gasteiger partial charge < -0.3 is 5.32 Å². The number of anilines is 1. The number of aromatic amines is 1. The summed E-state index contributed by atoms with van der Waals surface area (Å²) in [5, 5.41) is 21.4. The van der Waals surface area contributed by atoms with Crippen LogP contribution < -0.4 is 5.32 Å². The second kappa shape index (κ2) is 6.49. The van der Waals surface area contributed by atoms with Crippen molar-refractivity contribution in [1.82, 2.24) is 15.2 Å². The van der Waals surface area contributed by atoms with Crippen molar-refractivity contribution in [3.63, 3.8) is 0 Å². The average Bonchev–Trinajstić information content (AvgIpc) is 3.30. The molecule has 1 amide bonds. The number of hydrogen-bond acceptors (Lipinski definition) is 5. The molecule has 0 saturated heterocycles. The van der Waals surface area contributed by atoms with Gasteiger partial charge in [-0.25, -0.2) is 4.98 Å². The largest absolute Gasteiger partial charge is 0.302 e. The molecule has 124 valence electrons. The van der Waals surface area contributed by atoms with Crippen LogP contribution in [-0.4, -0.2) is 21.1 Å². The van der Waals surface area contributed by atoms with Crippen LogP contribution in [0.4, 0.5) is 5.13 Å². The maximum atomic E-state index is 12.5. The van der Waals surface area contributed by atoms with Crippen molar-refractivity contribution in [1.29, 1.82) is 5.26 Å². The third-order valence-corrected chi connectivity index (χ3v) is 5.17. The van der Waals surface area contributed by atoms with Crippen LogP contribution in [0, 0.1) is 17.2 Å². The summed E-state index contributed by atoms with van der Waals surface area (Å²) in [4.78, 5) is 17.0. The molecule has 0 fully saturated rings. The Morgan fingerprint density at radius 3 is 3.24 bits per heavy atom. The number of aromatic nitrogens is 3. The number of nitrogens with one attached hydrogen (secondary N) is 2. The number of carbonyl (C=O) groups is 1. The number of thiazole rings is 1. The summed E-state index contributed by atoms with van der Waals surface area (Å²) < 4.78 is 0. The van der Waals surface area contributed by atoms with Crippen LogP contribution in [0.5, 0.6) is 0 Å². The van der Waals surface area contributed by atoms with E-state index in [-0.39, 0.29) is 11.8 Å². The zero-order valence-corrected chi connectivity index (χ0v) is 14.1. The van der Waals surface area contributed by atoms with E-state index in [1.807, 2.05) is 23.7 Å². The number of fused-ring (bicyclic) bond motifs is 1. The molecule has 1 aliphatic rings. The Hall–Kier alpha value is -2.98. The third-order valence-electron chi connectivity index (χ3n) is 4.41. The van der Waals surface area contributed by atoms with Gasteiger partial charge in [0.05, 0.1) is 23.5 Å². The third kappa shape index (κ3) is 3.16. The smallest absolute Gasteiger partial charge is 0.229 e. The zero-order valence-electron chi connectivity index (χ0n) is 13.3. The first kappa shape index (κ1) is 15.5. The van der Waals surface area contributed by atoms with Gasteiger partial charge in [0.15, 0.2) is 5.13 Å². The second-order valence-electron chi connectivity index (χ2n) is 6.03. The maximum Gasteiger partial charge on any atom is 0.229 e. The number of aryl methyl sites for hydroxylation is 1. The molecule has 0 aliphatic heterocycles. The highest BCUT2D eigenvalue weighted by atomic mass is 32.1. The molecule has 7 heteroatoms. The number of carbonyl (C=O) groups excluding carboxylic acids is 1. The average molecular weight is 349 g/mol. The van der Waals surface area contributed by atoms with Crippen LogP contribution >= 0.6 is 11.3 Å². The van der Waals surface area contributed by atoms with E-state index in [0.717, 1.165) is 29.8 Å². The molecule has 6 nitrogen and oxygen atoms in total. The Kier molecular flexibility index (Phi) is 4.04. The lowest BCUT2D eigenvalue weighted by molar-refractivity contribution is -0.120. The van der Waals surface area contributed by atoms with Gasteiger partial charge in [0.25, 0.3) is 0 Å². The lowest BCUT2D eigenvalue weighted by Crippen LogP contribution is -2.28. The fourth-order valence-corrected chi connectivity index (χ4v) is 3.77. The summed E-state index contributed by atoms with van der Waals surface area (Å²) in [5.41, 5.74) is 4.48. The molecule has 2 N–H and O–H groups in total. The molecule has 0 bridgehead atoms. The maximum absolute atomic E-state index is 12.5. The van der Waals surface area contributed by atoms with Crippen LogP contribution in [0.15, 0.2) is 35.8 Å². The lowest BCUT2D eigenvalue weighted by atomic mass is 9.87. The number of rotatable bonds is 3. The van der Waals surface area contributed by atoms with Crippen molar-refractivity contribution in [2.45, 2.75) is 19.3 Å². The predicted molar refractivity (Wildman–Crippen MR) is 95.0 cm³/mol. The molecular weight excluding hydrogens is 334 g/mol. The first-order valence-corrected chi connectivity index (χ1v) is 8.89. The molecule has 4 rings (SSSR count). The second-order valence-corrected chi connectivity index (χ2v) is 6.89. The SMILES string of the molecule is N#Cc1cccc(-c2csc(NC(=O)[C@@H]3CCc4cn[nH]c4C3)n2)c1. The molecule has 1 aliphatic carbocycles. The highest BCUT2D eigenvalue weighted by molar-refractivity contribution is 7.14. The summed E-state index contributed by atoms with van der Waals surface area (Å²) in [5.74, 6) is -0.0749. The molecular formula is C18H15N5OS. The molecule has 0 radical (unpaired) electrons. The van der Waals surface area contributed by atoms with Crippen LogP contribution in [0.1, 0.15) is 23.2 Å². The van der Waals surface area contributed by atoms with E-state index < -0.39 is 0 Å². The quantitative estimate of drug-likeness (QED) is 0.759. The fraction of sp³-hybridized carbons (Fsp3) is 0.222. The van der Waals surface area contributed by atoms with Gasteiger partial charge in [-0.3, -0.25) is 9.89 Å². The zero-order chi connectivity index (χ0) is 17.2. The van der Waals surface area contributed by atoms with Crippen molar-refractivity contribution < 1.29 is 4.79 Å².